The van der Waals surface area contributed by atoms with Crippen LogP contribution in [0.5, 0.6) is 0 Å². The van der Waals surface area contributed by atoms with Gasteiger partial charge in [0.2, 0.25) is 0 Å². The van der Waals surface area contributed by atoms with Crippen molar-refractivity contribution >= 4 is 10.9 Å². The number of benzene rings is 1. The van der Waals surface area contributed by atoms with Crippen LogP contribution in [-0.4, -0.2) is 15.2 Å². The molecule has 0 aliphatic carbocycles. The summed E-state index contributed by atoms with van der Waals surface area (Å²) in [6, 6.07) is 12.1. The third kappa shape index (κ3) is 1.19. The quantitative estimate of drug-likeness (QED) is 0.644. The van der Waals surface area contributed by atoms with Crippen molar-refractivity contribution in [2.24, 2.45) is 0 Å². The molecule has 0 unspecified atom stereocenters. The Morgan fingerprint density at radius 2 is 2.12 bits per heavy atom. The second kappa shape index (κ2) is 3.24. The average Bonchev–Trinajstić information content (AvgIpc) is 2.94. The molecule has 0 aliphatic rings. The average molecular weight is 208 g/mol. The van der Waals surface area contributed by atoms with E-state index in [0.29, 0.717) is 5.56 Å². The fourth-order valence-corrected chi connectivity index (χ4v) is 1.78. The first kappa shape index (κ1) is 8.74. The van der Waals surface area contributed by atoms with Crippen molar-refractivity contribution in [1.29, 1.82) is 5.26 Å². The molecule has 1 aromatic carbocycles. The maximum Gasteiger partial charge on any atom is 0.103 e. The molecule has 0 aliphatic heterocycles. The fraction of sp³-hybridized carbons (Fsp3) is 0. The number of nitriles is 1. The van der Waals surface area contributed by atoms with Gasteiger partial charge in [0.15, 0.2) is 0 Å². The van der Waals surface area contributed by atoms with E-state index in [1.165, 1.54) is 6.20 Å². The number of hydrogen-bond acceptors (Lipinski definition) is 2. The predicted octanol–water partition coefficient (Wildman–Crippen LogP) is 2.43. The first-order valence-electron chi connectivity index (χ1n) is 4.90. The highest BCUT2D eigenvalue weighted by atomic mass is 15.1. The van der Waals surface area contributed by atoms with E-state index in [9.17, 15) is 0 Å². The smallest absolute Gasteiger partial charge is 0.103 e. The first-order chi connectivity index (χ1) is 7.88. The highest BCUT2D eigenvalue weighted by Crippen LogP contribution is 2.24. The molecule has 76 valence electrons. The molecule has 0 bridgehead atoms. The van der Waals surface area contributed by atoms with E-state index in [-0.39, 0.29) is 0 Å². The number of nitrogens with zero attached hydrogens (tertiary/aromatic N) is 2. The van der Waals surface area contributed by atoms with Crippen LogP contribution < -0.4 is 0 Å². The van der Waals surface area contributed by atoms with Crippen LogP contribution in [0, 0.1) is 11.3 Å². The summed E-state index contributed by atoms with van der Waals surface area (Å²) in [5.41, 5.74) is 3.22. The lowest BCUT2D eigenvalue weighted by atomic mass is 10.2. The molecular weight excluding hydrogens is 200 g/mol. The number of hydrogen-bond donors (Lipinski definition) is 2. The van der Waals surface area contributed by atoms with Gasteiger partial charge in [-0.05, 0) is 12.1 Å². The predicted molar refractivity (Wildman–Crippen MR) is 60.6 cm³/mol. The highest BCUT2D eigenvalue weighted by Gasteiger charge is 2.09. The van der Waals surface area contributed by atoms with E-state index in [0.717, 1.165) is 22.3 Å². The Morgan fingerprint density at radius 3 is 2.94 bits per heavy atom. The summed E-state index contributed by atoms with van der Waals surface area (Å²) in [4.78, 5) is 3.25. The molecule has 0 saturated carbocycles. The van der Waals surface area contributed by atoms with Gasteiger partial charge in [-0.15, -0.1) is 0 Å². The van der Waals surface area contributed by atoms with Crippen LogP contribution in [0.2, 0.25) is 0 Å². The van der Waals surface area contributed by atoms with Crippen LogP contribution in [0.15, 0.2) is 36.5 Å². The minimum Gasteiger partial charge on any atom is -0.353 e. The number of H-pyrrole nitrogens is 2. The van der Waals surface area contributed by atoms with Crippen LogP contribution in [-0.2, 0) is 0 Å². The third-order valence-corrected chi connectivity index (χ3v) is 2.56. The lowest BCUT2D eigenvalue weighted by molar-refractivity contribution is 1.09. The largest absolute Gasteiger partial charge is 0.353 e. The van der Waals surface area contributed by atoms with Gasteiger partial charge in [0.05, 0.1) is 23.1 Å². The molecular formula is C12H8N4. The van der Waals surface area contributed by atoms with E-state index in [1.807, 2.05) is 30.3 Å². The monoisotopic (exact) mass is 208 g/mol. The lowest BCUT2D eigenvalue weighted by Crippen LogP contribution is -1.80. The van der Waals surface area contributed by atoms with E-state index in [4.69, 9.17) is 5.26 Å². The Kier molecular flexibility index (Phi) is 1.77. The molecule has 0 spiro atoms. The fourth-order valence-electron chi connectivity index (χ4n) is 1.78. The summed E-state index contributed by atoms with van der Waals surface area (Å²) in [6.45, 7) is 0. The molecule has 3 aromatic rings. The summed E-state index contributed by atoms with van der Waals surface area (Å²) in [5, 5.41) is 16.7. The second-order valence-electron chi connectivity index (χ2n) is 3.54. The van der Waals surface area contributed by atoms with E-state index in [1.54, 1.807) is 0 Å². The second-order valence-corrected chi connectivity index (χ2v) is 3.54. The SMILES string of the molecule is N#Cc1cn[nH]c1-c1cc2ccccc2[nH]1. The number of fused-ring (bicyclic) bond motifs is 1. The van der Waals surface area contributed by atoms with Crippen molar-refractivity contribution in [2.45, 2.75) is 0 Å². The zero-order valence-corrected chi connectivity index (χ0v) is 8.36. The molecule has 0 radical (unpaired) electrons. The highest BCUT2D eigenvalue weighted by molar-refractivity contribution is 5.85. The standard InChI is InChI=1S/C12H8N4/c13-6-9-7-14-16-12(9)11-5-8-3-1-2-4-10(8)15-11/h1-5,7,15H,(H,14,16). The summed E-state index contributed by atoms with van der Waals surface area (Å²) in [5.74, 6) is 0. The van der Waals surface area contributed by atoms with Gasteiger partial charge in [0.25, 0.3) is 0 Å². The number of nitrogens with one attached hydrogen (secondary N) is 2. The van der Waals surface area contributed by atoms with Crippen LogP contribution >= 0.6 is 0 Å². The molecule has 2 N–H and O–H groups in total. The van der Waals surface area contributed by atoms with Gasteiger partial charge in [-0.1, -0.05) is 18.2 Å². The zero-order chi connectivity index (χ0) is 11.0. The molecule has 0 atom stereocenters. The number of para-hydroxylation sites is 1. The molecule has 16 heavy (non-hydrogen) atoms. The normalized spacial score (nSPS) is 10.4. The molecule has 2 aromatic heterocycles. The molecule has 0 amide bonds. The Bertz CT molecular complexity index is 651. The number of aromatic amines is 2. The Balaban J connectivity index is 2.24. The van der Waals surface area contributed by atoms with Crippen molar-refractivity contribution < 1.29 is 0 Å². The summed E-state index contributed by atoms with van der Waals surface area (Å²) < 4.78 is 0. The van der Waals surface area contributed by atoms with Gasteiger partial charge in [0, 0.05) is 10.9 Å². The zero-order valence-electron chi connectivity index (χ0n) is 8.36. The molecule has 2 heterocycles. The van der Waals surface area contributed by atoms with Gasteiger partial charge in [0.1, 0.15) is 6.07 Å². The summed E-state index contributed by atoms with van der Waals surface area (Å²) in [6.07, 6.45) is 1.53. The maximum atomic E-state index is 8.92. The van der Waals surface area contributed by atoms with Crippen LogP contribution in [0.25, 0.3) is 22.3 Å². The summed E-state index contributed by atoms with van der Waals surface area (Å²) in [7, 11) is 0. The molecule has 4 heteroatoms. The minimum absolute atomic E-state index is 0.548. The van der Waals surface area contributed by atoms with Gasteiger partial charge >= 0.3 is 0 Å². The van der Waals surface area contributed by atoms with Gasteiger partial charge in [-0.3, -0.25) is 5.10 Å². The molecule has 4 nitrogen and oxygen atoms in total. The van der Waals surface area contributed by atoms with Crippen molar-refractivity contribution in [3.63, 3.8) is 0 Å². The van der Waals surface area contributed by atoms with Crippen molar-refractivity contribution in [3.05, 3.63) is 42.1 Å². The van der Waals surface area contributed by atoms with Gasteiger partial charge in [-0.2, -0.15) is 10.4 Å². The molecule has 3 rings (SSSR count). The van der Waals surface area contributed by atoms with Crippen molar-refractivity contribution in [1.82, 2.24) is 15.2 Å². The van der Waals surface area contributed by atoms with Crippen LogP contribution in [0.4, 0.5) is 0 Å². The molecule has 0 fully saturated rings. The minimum atomic E-state index is 0.548. The third-order valence-electron chi connectivity index (χ3n) is 2.56. The summed E-state index contributed by atoms with van der Waals surface area (Å²) >= 11 is 0. The van der Waals surface area contributed by atoms with E-state index >= 15 is 0 Å². The van der Waals surface area contributed by atoms with Crippen LogP contribution in [0.1, 0.15) is 5.56 Å². The van der Waals surface area contributed by atoms with Crippen molar-refractivity contribution in [3.8, 4) is 17.5 Å². The van der Waals surface area contributed by atoms with Crippen molar-refractivity contribution in [2.75, 3.05) is 0 Å². The number of rotatable bonds is 1. The Hall–Kier alpha value is -2.54. The molecule has 0 saturated heterocycles. The lowest BCUT2D eigenvalue weighted by Gasteiger charge is -1.91. The maximum absolute atomic E-state index is 8.92. The van der Waals surface area contributed by atoms with E-state index < -0.39 is 0 Å². The first-order valence-corrected chi connectivity index (χ1v) is 4.90. The van der Waals surface area contributed by atoms with Gasteiger partial charge in [-0.25, -0.2) is 0 Å². The number of aromatic nitrogens is 3. The Labute approximate surface area is 91.5 Å². The van der Waals surface area contributed by atoms with Gasteiger partial charge < -0.3 is 4.98 Å². The van der Waals surface area contributed by atoms with E-state index in [2.05, 4.69) is 21.3 Å². The van der Waals surface area contributed by atoms with Crippen LogP contribution in [0.3, 0.4) is 0 Å². The Morgan fingerprint density at radius 1 is 1.25 bits per heavy atom. The topological polar surface area (TPSA) is 68.3 Å².